The summed E-state index contributed by atoms with van der Waals surface area (Å²) < 4.78 is 11.7. The third kappa shape index (κ3) is 6.94. The molecule has 1 aliphatic carbocycles. The minimum absolute atomic E-state index is 0.0135. The molecular weight excluding hydrogens is 484 g/mol. The van der Waals surface area contributed by atoms with Crippen LogP contribution in [0.1, 0.15) is 64.7 Å². The maximum Gasteiger partial charge on any atom is 0.328 e. The number of rotatable bonds is 11. The molecule has 3 N–H and O–H groups in total. The van der Waals surface area contributed by atoms with E-state index in [1.807, 2.05) is 24.3 Å². The van der Waals surface area contributed by atoms with Crippen LogP contribution in [-0.4, -0.2) is 27.1 Å². The van der Waals surface area contributed by atoms with Crippen molar-refractivity contribution in [3.8, 4) is 23.0 Å². The zero-order valence-electron chi connectivity index (χ0n) is 21.4. The second kappa shape index (κ2) is 12.3. The highest BCUT2D eigenvalue weighted by Crippen LogP contribution is 2.34. The Kier molecular flexibility index (Phi) is 8.69. The molecule has 0 unspecified atom stereocenters. The first kappa shape index (κ1) is 26.8. The lowest BCUT2D eigenvalue weighted by molar-refractivity contribution is -0.131. The van der Waals surface area contributed by atoms with Gasteiger partial charge in [-0.15, -0.1) is 0 Å². The number of aromatic hydroxyl groups is 2. The third-order valence-corrected chi connectivity index (χ3v) is 6.83. The van der Waals surface area contributed by atoms with Crippen molar-refractivity contribution in [2.45, 2.75) is 52.2 Å². The lowest BCUT2D eigenvalue weighted by Gasteiger charge is -2.14. The monoisotopic (exact) mass is 516 g/mol. The molecule has 198 valence electrons. The molecule has 1 fully saturated rings. The van der Waals surface area contributed by atoms with Gasteiger partial charge in [0.05, 0.1) is 5.56 Å². The molecule has 0 aromatic heterocycles. The average molecular weight is 517 g/mol. The van der Waals surface area contributed by atoms with Crippen molar-refractivity contribution >= 4 is 17.8 Å². The summed E-state index contributed by atoms with van der Waals surface area (Å²) in [4.78, 5) is 23.4. The number of Topliss-reactive ketones (excluding diaryl/α,β-unsaturated/α-hetero) is 1. The van der Waals surface area contributed by atoms with Crippen LogP contribution in [0.3, 0.4) is 0 Å². The molecule has 0 atom stereocenters. The van der Waals surface area contributed by atoms with E-state index in [1.165, 1.54) is 25.0 Å². The van der Waals surface area contributed by atoms with Gasteiger partial charge in [-0.1, -0.05) is 43.9 Å². The van der Waals surface area contributed by atoms with Gasteiger partial charge >= 0.3 is 5.97 Å². The first-order valence-electron chi connectivity index (χ1n) is 12.7. The van der Waals surface area contributed by atoms with Crippen LogP contribution in [0.25, 0.3) is 6.08 Å². The Labute approximate surface area is 222 Å². The van der Waals surface area contributed by atoms with E-state index < -0.39 is 5.97 Å². The van der Waals surface area contributed by atoms with Crippen LogP contribution in [0.2, 0.25) is 0 Å². The van der Waals surface area contributed by atoms with Gasteiger partial charge in [0, 0.05) is 29.7 Å². The quantitative estimate of drug-likeness (QED) is 0.199. The minimum atomic E-state index is -1.10. The fraction of sp³-hybridized carbons (Fsp3) is 0.290. The number of hydrogen-bond acceptors (Lipinski definition) is 6. The predicted octanol–water partition coefficient (Wildman–Crippen LogP) is 6.43. The molecule has 0 amide bonds. The van der Waals surface area contributed by atoms with Crippen molar-refractivity contribution in [2.75, 3.05) is 0 Å². The number of carboxylic acids is 1. The van der Waals surface area contributed by atoms with Crippen molar-refractivity contribution in [3.63, 3.8) is 0 Å². The Bertz CT molecular complexity index is 1340. The first-order chi connectivity index (χ1) is 18.3. The van der Waals surface area contributed by atoms with Crippen molar-refractivity contribution in [2.24, 2.45) is 5.92 Å². The van der Waals surface area contributed by atoms with Gasteiger partial charge in [-0.3, -0.25) is 4.79 Å². The summed E-state index contributed by atoms with van der Waals surface area (Å²) in [6.07, 6.45) is 7.26. The second-order valence-electron chi connectivity index (χ2n) is 9.65. The van der Waals surface area contributed by atoms with Gasteiger partial charge in [-0.05, 0) is 60.4 Å². The largest absolute Gasteiger partial charge is 0.507 e. The molecule has 0 saturated heterocycles. The molecule has 0 bridgehead atoms. The number of benzene rings is 3. The van der Waals surface area contributed by atoms with E-state index in [0.717, 1.165) is 30.0 Å². The summed E-state index contributed by atoms with van der Waals surface area (Å²) >= 11 is 0. The van der Waals surface area contributed by atoms with Crippen LogP contribution in [-0.2, 0) is 18.0 Å². The molecule has 0 aliphatic heterocycles. The smallest absolute Gasteiger partial charge is 0.328 e. The summed E-state index contributed by atoms with van der Waals surface area (Å²) in [7, 11) is 0. The summed E-state index contributed by atoms with van der Waals surface area (Å²) in [5.74, 6) is 0.186. The Morgan fingerprint density at radius 1 is 0.947 bits per heavy atom. The number of phenols is 2. The van der Waals surface area contributed by atoms with E-state index in [2.05, 4.69) is 0 Å². The van der Waals surface area contributed by atoms with Crippen LogP contribution < -0.4 is 9.47 Å². The number of hydrogen-bond donors (Lipinski definition) is 3. The van der Waals surface area contributed by atoms with E-state index >= 15 is 0 Å². The molecule has 1 aliphatic rings. The number of phenolic OH excluding ortho intramolecular Hbond substituents is 2. The standard InChI is InChI=1S/C31H32O7/c1-20-29(13-12-26(31(20)36)28(33)16-21-5-2-3-6-21)38-19-23-8-4-7-22(15-23)18-37-25-11-9-24(27(32)17-25)10-14-30(34)35/h4,7-15,17,21,32,36H,2-3,5-6,16,18-19H2,1H3,(H,34,35)/b14-10+. The van der Waals surface area contributed by atoms with Crippen molar-refractivity contribution in [1.82, 2.24) is 0 Å². The van der Waals surface area contributed by atoms with E-state index in [-0.39, 0.29) is 30.5 Å². The number of carbonyl (C=O) groups is 2. The summed E-state index contributed by atoms with van der Waals surface area (Å²) in [5, 5.41) is 29.5. The SMILES string of the molecule is Cc1c(OCc2cccc(COc3ccc(/C=C/C(=O)O)c(O)c3)c2)ccc(C(=O)CC2CCCC2)c1O. The van der Waals surface area contributed by atoms with Gasteiger partial charge in [0.1, 0.15) is 36.2 Å². The maximum atomic E-state index is 12.7. The molecule has 0 spiro atoms. The van der Waals surface area contributed by atoms with Crippen molar-refractivity contribution in [3.05, 3.63) is 88.5 Å². The number of carboxylic acid groups (broad SMARTS) is 1. The van der Waals surface area contributed by atoms with E-state index in [0.29, 0.717) is 40.5 Å². The fourth-order valence-corrected chi connectivity index (χ4v) is 4.70. The molecule has 7 nitrogen and oxygen atoms in total. The fourth-order valence-electron chi connectivity index (χ4n) is 4.70. The highest BCUT2D eigenvalue weighted by molar-refractivity contribution is 5.99. The van der Waals surface area contributed by atoms with Crippen molar-refractivity contribution in [1.29, 1.82) is 0 Å². The highest BCUT2D eigenvalue weighted by atomic mass is 16.5. The molecule has 0 radical (unpaired) electrons. The number of carbonyl (C=O) groups excluding carboxylic acids is 1. The normalized spacial score (nSPS) is 13.6. The Morgan fingerprint density at radius 3 is 2.34 bits per heavy atom. The molecule has 1 saturated carbocycles. The van der Waals surface area contributed by atoms with Crippen molar-refractivity contribution < 1.29 is 34.4 Å². The topological polar surface area (TPSA) is 113 Å². The van der Waals surface area contributed by atoms with Gasteiger partial charge in [0.15, 0.2) is 5.78 Å². The van der Waals surface area contributed by atoms with Crippen LogP contribution in [0.5, 0.6) is 23.0 Å². The number of aliphatic carboxylic acids is 1. The average Bonchev–Trinajstić information content (AvgIpc) is 3.41. The summed E-state index contributed by atoms with van der Waals surface area (Å²) in [5.41, 5.74) is 3.09. The van der Waals surface area contributed by atoms with Gasteiger partial charge in [-0.2, -0.15) is 0 Å². The van der Waals surface area contributed by atoms with Crippen LogP contribution in [0, 0.1) is 12.8 Å². The molecular formula is C31H32O7. The lowest BCUT2D eigenvalue weighted by Crippen LogP contribution is -2.07. The van der Waals surface area contributed by atoms with Gasteiger partial charge in [0.2, 0.25) is 0 Å². The third-order valence-electron chi connectivity index (χ3n) is 6.83. The van der Waals surface area contributed by atoms with E-state index in [1.54, 1.807) is 31.2 Å². The minimum Gasteiger partial charge on any atom is -0.507 e. The van der Waals surface area contributed by atoms with Crippen LogP contribution in [0.4, 0.5) is 0 Å². The Balaban J connectivity index is 1.34. The number of ketones is 1. The Hall–Kier alpha value is -4.26. The van der Waals surface area contributed by atoms with Gasteiger partial charge in [-0.25, -0.2) is 4.79 Å². The molecule has 38 heavy (non-hydrogen) atoms. The molecule has 3 aromatic carbocycles. The molecule has 3 aromatic rings. The molecule has 7 heteroatoms. The summed E-state index contributed by atoms with van der Waals surface area (Å²) in [6.45, 7) is 2.28. The number of ether oxygens (including phenoxy) is 2. The second-order valence-corrected chi connectivity index (χ2v) is 9.65. The van der Waals surface area contributed by atoms with E-state index in [9.17, 15) is 19.8 Å². The molecule has 4 rings (SSSR count). The van der Waals surface area contributed by atoms with Gasteiger partial charge in [0.25, 0.3) is 0 Å². The zero-order valence-corrected chi connectivity index (χ0v) is 21.4. The van der Waals surface area contributed by atoms with Crippen LogP contribution in [0.15, 0.2) is 60.7 Å². The van der Waals surface area contributed by atoms with E-state index in [4.69, 9.17) is 14.6 Å². The van der Waals surface area contributed by atoms with Gasteiger partial charge < -0.3 is 24.8 Å². The summed E-state index contributed by atoms with van der Waals surface area (Å²) in [6, 6.07) is 15.7. The predicted molar refractivity (Wildman–Crippen MR) is 144 cm³/mol. The zero-order chi connectivity index (χ0) is 27.1. The first-order valence-corrected chi connectivity index (χ1v) is 12.7. The van der Waals surface area contributed by atoms with Crippen LogP contribution >= 0.6 is 0 Å². The Morgan fingerprint density at radius 2 is 1.66 bits per heavy atom. The maximum absolute atomic E-state index is 12.7. The highest BCUT2D eigenvalue weighted by Gasteiger charge is 2.22. The molecule has 0 heterocycles. The lowest BCUT2D eigenvalue weighted by atomic mass is 9.95.